The van der Waals surface area contributed by atoms with E-state index in [4.69, 9.17) is 47.4 Å². The van der Waals surface area contributed by atoms with Crippen molar-refractivity contribution in [3.05, 3.63) is 121 Å². The first-order valence-corrected chi connectivity index (χ1v) is 34.2. The monoisotopic (exact) mass is 1040 g/mol. The van der Waals surface area contributed by atoms with Crippen LogP contribution in [0.4, 0.5) is 11.4 Å². The molecule has 338 valence electrons. The number of hydrogen-bond donors (Lipinski definition) is 0. The van der Waals surface area contributed by atoms with Crippen molar-refractivity contribution in [1.29, 1.82) is 0 Å². The van der Waals surface area contributed by atoms with Gasteiger partial charge < -0.3 is 14.9 Å². The molecule has 0 spiro atoms. The minimum atomic E-state index is -0.971. The first-order valence-electron chi connectivity index (χ1n) is 22.6. The number of aryl methyl sites for hydroxylation is 4. The van der Waals surface area contributed by atoms with Crippen molar-refractivity contribution in [2.45, 2.75) is 167 Å². The van der Waals surface area contributed by atoms with Crippen LogP contribution < -0.4 is 0 Å². The van der Waals surface area contributed by atoms with Crippen molar-refractivity contribution in [3.8, 4) is 0 Å². The minimum absolute atomic E-state index is 0. The number of unbranched alkanes of at least 4 members (excludes halogenated alkanes) is 2. The van der Waals surface area contributed by atoms with Gasteiger partial charge in [-0.1, -0.05) is 203 Å². The summed E-state index contributed by atoms with van der Waals surface area (Å²) in [6.07, 6.45) is 22.5. The second-order valence-electron chi connectivity index (χ2n) is 16.4. The van der Waals surface area contributed by atoms with Gasteiger partial charge in [-0.15, -0.1) is 0 Å². The van der Waals surface area contributed by atoms with Crippen molar-refractivity contribution in [2.24, 2.45) is 9.98 Å². The van der Waals surface area contributed by atoms with Crippen LogP contribution in [0.25, 0.3) is 10.8 Å². The fourth-order valence-electron chi connectivity index (χ4n) is 10.4. The van der Waals surface area contributed by atoms with Crippen LogP contribution >= 0.6 is 37.4 Å². The molecule has 0 atom stereocenters. The molecular formula is C52H74Cl4N2NiSiZr. The molecule has 0 aromatic heterocycles. The molecule has 0 saturated heterocycles. The molecule has 9 heteroatoms. The summed E-state index contributed by atoms with van der Waals surface area (Å²) in [5, 5.41) is 2.51. The maximum atomic E-state index is 5.41. The van der Waals surface area contributed by atoms with E-state index >= 15 is 0 Å². The van der Waals surface area contributed by atoms with Gasteiger partial charge >= 0.3 is 70.9 Å². The molecular weight excluding hydrogens is 972 g/mol. The first-order chi connectivity index (χ1) is 28.9. The van der Waals surface area contributed by atoms with Crippen molar-refractivity contribution in [2.75, 3.05) is 0 Å². The van der Waals surface area contributed by atoms with Crippen molar-refractivity contribution in [1.82, 2.24) is 0 Å². The zero-order valence-corrected chi connectivity index (χ0v) is 46.0. The second kappa shape index (κ2) is 30.4. The van der Waals surface area contributed by atoms with Crippen molar-refractivity contribution < 1.29 is 33.5 Å². The van der Waals surface area contributed by atoms with Crippen LogP contribution in [0.1, 0.15) is 152 Å². The molecule has 2 saturated carbocycles. The van der Waals surface area contributed by atoms with E-state index < -0.39 is 28.9 Å². The van der Waals surface area contributed by atoms with Crippen molar-refractivity contribution in [3.63, 3.8) is 0 Å². The van der Waals surface area contributed by atoms with Gasteiger partial charge in [0.15, 0.2) is 0 Å². The third-order valence-electron chi connectivity index (χ3n) is 13.3. The van der Waals surface area contributed by atoms with E-state index in [2.05, 4.69) is 114 Å². The fourth-order valence-corrected chi connectivity index (χ4v) is 18.1. The van der Waals surface area contributed by atoms with Gasteiger partial charge in [-0.05, 0) is 64.4 Å². The molecule has 4 aromatic carbocycles. The van der Waals surface area contributed by atoms with Gasteiger partial charge in [-0.25, -0.2) is 9.98 Å². The normalized spacial score (nSPS) is 15.9. The van der Waals surface area contributed by atoms with Gasteiger partial charge in [0.2, 0.25) is 0 Å². The Kier molecular flexibility index (Phi) is 28.1. The Morgan fingerprint density at radius 2 is 0.869 bits per heavy atom. The topological polar surface area (TPSA) is 24.7 Å². The van der Waals surface area contributed by atoms with E-state index in [1.807, 2.05) is 0 Å². The van der Waals surface area contributed by atoms with Crippen LogP contribution in [-0.2, 0) is 59.2 Å². The predicted octanol–water partition coefficient (Wildman–Crippen LogP) is 18.9. The zero-order chi connectivity index (χ0) is 42.6. The molecule has 61 heavy (non-hydrogen) atoms. The average Bonchev–Trinajstić information content (AvgIpc) is 4.07. The summed E-state index contributed by atoms with van der Waals surface area (Å²) in [4.78, 5) is 10.8. The third kappa shape index (κ3) is 14.6. The van der Waals surface area contributed by atoms with Gasteiger partial charge in [0.1, 0.15) is 0 Å². The molecule has 0 N–H and O–H groups in total. The number of benzene rings is 4. The van der Waals surface area contributed by atoms with Crippen LogP contribution in [-0.4, -0.2) is 19.5 Å². The van der Waals surface area contributed by atoms with E-state index in [0.717, 1.165) is 48.5 Å². The molecule has 2 nitrogen and oxygen atoms in total. The van der Waals surface area contributed by atoms with Gasteiger partial charge in [-0.2, -0.15) is 0 Å². The average molecular weight is 1050 g/mol. The van der Waals surface area contributed by atoms with E-state index in [0.29, 0.717) is 12.7 Å². The van der Waals surface area contributed by atoms with Crippen LogP contribution in [0.5, 0.6) is 0 Å². The van der Waals surface area contributed by atoms with Crippen molar-refractivity contribution >= 4 is 79.1 Å². The molecule has 2 fully saturated rings. The molecule has 0 radical (unpaired) electrons. The van der Waals surface area contributed by atoms with E-state index in [9.17, 15) is 0 Å². The SMILES string of the molecule is CCCC[Si](CCCC)(C1CCCC1)C1CCCC1.CCc1cccc(CC)c1N=C1C(=Nc2c(CC)cccc2CC)c2cccc3cccc1c23.[CH3-].[CH3-].[Cl][Ni][Cl].[Cl][Zr+2][Cl]. The Bertz CT molecular complexity index is 1760. The first kappa shape index (κ1) is 56.4. The molecule has 0 heterocycles. The van der Waals surface area contributed by atoms with Crippen LogP contribution in [0.15, 0.2) is 82.8 Å². The summed E-state index contributed by atoms with van der Waals surface area (Å²) in [5.41, 5.74) is 14.2. The van der Waals surface area contributed by atoms with Gasteiger partial charge in [0, 0.05) is 16.5 Å². The number of aliphatic imine (C=N–C) groups is 2. The number of para-hydroxylation sites is 2. The third-order valence-corrected chi connectivity index (χ3v) is 20.3. The number of hydrogen-bond acceptors (Lipinski definition) is 2. The summed E-state index contributed by atoms with van der Waals surface area (Å²) < 4.78 is 0. The summed E-state index contributed by atoms with van der Waals surface area (Å²) in [5.74, 6) is 0. The van der Waals surface area contributed by atoms with Gasteiger partial charge in [0.25, 0.3) is 0 Å². The Balaban J connectivity index is 0.000000404. The maximum absolute atomic E-state index is 5.41. The Morgan fingerprint density at radius 1 is 0.557 bits per heavy atom. The number of halogens is 4. The molecule has 0 bridgehead atoms. The zero-order valence-electron chi connectivity index (χ0n) is 38.5. The molecule has 0 amide bonds. The van der Waals surface area contributed by atoms with E-state index in [-0.39, 0.29) is 14.9 Å². The summed E-state index contributed by atoms with van der Waals surface area (Å²) in [6, 6.07) is 29.6. The van der Waals surface area contributed by atoms with Crippen LogP contribution in [0.3, 0.4) is 0 Å². The summed E-state index contributed by atoms with van der Waals surface area (Å²) in [6.45, 7) is 13.7. The number of nitrogens with zero attached hydrogens (tertiary/aromatic N) is 2. The molecule has 0 unspecified atom stereocenters. The standard InChI is InChI=1S/C32H32N2.C18H36Si.2CH3.4ClH.Ni.Zr/c1-5-21-13-9-14-22(6-2)29(21)33-31-26-19-11-17-25-18-12-20-27(28(25)26)32(31)34-30-23(7-3)15-10-16-24(30)8-4;1-3-5-15-19(16-6-4-2,17-11-7-8-12-17)18-13-9-10-14-18;;;;;;;;/h9-20H,5-8H2,1-4H3;17-18H,3-16H2,1-2H3;2*1H3;4*1H;;/q;;2*-1;;;;;+2;+4/p-4. The van der Waals surface area contributed by atoms with Crippen LogP contribution in [0.2, 0.25) is 23.2 Å². The Morgan fingerprint density at radius 3 is 1.16 bits per heavy atom. The molecule has 3 aliphatic rings. The van der Waals surface area contributed by atoms with Crippen LogP contribution in [0, 0.1) is 14.9 Å². The molecule has 3 aliphatic carbocycles. The molecule has 0 aliphatic heterocycles. The predicted molar refractivity (Wildman–Crippen MR) is 273 cm³/mol. The second-order valence-corrected chi connectivity index (χ2v) is 26.9. The quantitative estimate of drug-likeness (QED) is 0.0888. The van der Waals surface area contributed by atoms with Gasteiger partial charge in [-0.3, -0.25) is 0 Å². The fraction of sp³-hybridized carbons (Fsp3) is 0.500. The summed E-state index contributed by atoms with van der Waals surface area (Å²) in [7, 11) is 18.3. The summed E-state index contributed by atoms with van der Waals surface area (Å²) >= 11 is -0.256. The number of rotatable bonds is 14. The molecule has 4 aromatic rings. The van der Waals surface area contributed by atoms with E-state index in [1.165, 1.54) is 68.1 Å². The molecule has 7 rings (SSSR count). The van der Waals surface area contributed by atoms with E-state index in [1.54, 1.807) is 76.3 Å². The Labute approximate surface area is 407 Å². The Hall–Kier alpha value is -0.766. The van der Waals surface area contributed by atoms with Gasteiger partial charge in [0.05, 0.1) is 30.9 Å².